The molecule has 2 unspecified atom stereocenters. The minimum atomic E-state index is -0.627. The predicted octanol–water partition coefficient (Wildman–Crippen LogP) is 1.19. The molecular weight excluding hydrogens is 154 g/mol. The van der Waals surface area contributed by atoms with E-state index < -0.39 is 5.97 Å². The summed E-state index contributed by atoms with van der Waals surface area (Å²) in [6.45, 7) is 6.21. The van der Waals surface area contributed by atoms with Crippen LogP contribution in [0.1, 0.15) is 26.7 Å². The maximum absolute atomic E-state index is 10.7. The largest absolute Gasteiger partial charge is 0.481 e. The molecule has 0 saturated carbocycles. The van der Waals surface area contributed by atoms with Crippen molar-refractivity contribution in [1.29, 1.82) is 0 Å². The second kappa shape index (κ2) is 3.90. The van der Waals surface area contributed by atoms with E-state index in [0.717, 1.165) is 25.9 Å². The van der Waals surface area contributed by atoms with Crippen LogP contribution in [0.2, 0.25) is 0 Å². The first-order valence-electron chi connectivity index (χ1n) is 4.62. The van der Waals surface area contributed by atoms with Crippen LogP contribution < -0.4 is 0 Å². The first kappa shape index (κ1) is 9.52. The Hall–Kier alpha value is -0.570. The van der Waals surface area contributed by atoms with Crippen molar-refractivity contribution in [3.8, 4) is 0 Å². The van der Waals surface area contributed by atoms with Gasteiger partial charge in [0, 0.05) is 6.04 Å². The van der Waals surface area contributed by atoms with Crippen LogP contribution in [0.5, 0.6) is 0 Å². The van der Waals surface area contributed by atoms with Gasteiger partial charge in [0.15, 0.2) is 0 Å². The van der Waals surface area contributed by atoms with Gasteiger partial charge in [-0.2, -0.15) is 0 Å². The molecule has 0 amide bonds. The Labute approximate surface area is 73.4 Å². The first-order chi connectivity index (χ1) is 5.65. The molecule has 70 valence electrons. The van der Waals surface area contributed by atoms with Gasteiger partial charge in [0.1, 0.15) is 0 Å². The van der Waals surface area contributed by atoms with Crippen LogP contribution >= 0.6 is 0 Å². The maximum atomic E-state index is 10.7. The number of piperidine rings is 1. The second-order valence-corrected chi connectivity index (χ2v) is 3.54. The minimum Gasteiger partial charge on any atom is -0.481 e. The lowest BCUT2D eigenvalue weighted by Gasteiger charge is -2.35. The summed E-state index contributed by atoms with van der Waals surface area (Å²) in [5, 5.41) is 8.80. The van der Waals surface area contributed by atoms with E-state index in [-0.39, 0.29) is 5.92 Å². The molecule has 2 atom stereocenters. The Kier molecular flexibility index (Phi) is 3.09. The number of carboxylic acid groups (broad SMARTS) is 1. The fraction of sp³-hybridized carbons (Fsp3) is 0.889. The number of aliphatic carboxylic acids is 1. The number of carboxylic acids is 1. The first-order valence-corrected chi connectivity index (χ1v) is 4.62. The molecule has 1 rings (SSSR count). The Morgan fingerprint density at radius 2 is 2.33 bits per heavy atom. The number of rotatable bonds is 2. The zero-order valence-corrected chi connectivity index (χ0v) is 7.79. The van der Waals surface area contributed by atoms with Crippen molar-refractivity contribution < 1.29 is 9.90 Å². The average Bonchev–Trinajstić information content (AvgIpc) is 2.04. The molecule has 0 aromatic carbocycles. The molecule has 1 aliphatic rings. The van der Waals surface area contributed by atoms with Gasteiger partial charge in [0.2, 0.25) is 0 Å². The molecule has 0 radical (unpaired) electrons. The average molecular weight is 171 g/mol. The molecule has 1 aliphatic heterocycles. The molecule has 0 aromatic heterocycles. The molecule has 1 fully saturated rings. The van der Waals surface area contributed by atoms with E-state index in [9.17, 15) is 4.79 Å². The van der Waals surface area contributed by atoms with Crippen LogP contribution in [0.3, 0.4) is 0 Å². The molecule has 12 heavy (non-hydrogen) atoms. The van der Waals surface area contributed by atoms with Gasteiger partial charge in [0.05, 0.1) is 5.92 Å². The summed E-state index contributed by atoms with van der Waals surface area (Å²) < 4.78 is 0. The lowest BCUT2D eigenvalue weighted by molar-refractivity contribution is -0.144. The summed E-state index contributed by atoms with van der Waals surface area (Å²) in [5.74, 6) is -0.736. The van der Waals surface area contributed by atoms with E-state index in [1.165, 1.54) is 0 Å². The van der Waals surface area contributed by atoms with Crippen LogP contribution in [0.4, 0.5) is 0 Å². The summed E-state index contributed by atoms with van der Waals surface area (Å²) in [6.07, 6.45) is 1.62. The third kappa shape index (κ3) is 1.97. The number of likely N-dealkylation sites (tertiary alicyclic amines) is 1. The molecule has 0 spiro atoms. The summed E-state index contributed by atoms with van der Waals surface area (Å²) in [7, 11) is 0. The van der Waals surface area contributed by atoms with E-state index in [1.807, 2.05) is 0 Å². The normalized spacial score (nSPS) is 31.8. The van der Waals surface area contributed by atoms with Crippen molar-refractivity contribution in [2.24, 2.45) is 5.92 Å². The van der Waals surface area contributed by atoms with Gasteiger partial charge >= 0.3 is 5.97 Å². The summed E-state index contributed by atoms with van der Waals surface area (Å²) in [6, 6.07) is 0.435. The van der Waals surface area contributed by atoms with Gasteiger partial charge in [-0.25, -0.2) is 0 Å². The summed E-state index contributed by atoms with van der Waals surface area (Å²) in [4.78, 5) is 13.0. The van der Waals surface area contributed by atoms with E-state index in [4.69, 9.17) is 5.11 Å². The van der Waals surface area contributed by atoms with Crippen LogP contribution in [0.25, 0.3) is 0 Å². The topological polar surface area (TPSA) is 40.5 Å². The highest BCUT2D eigenvalue weighted by molar-refractivity contribution is 5.70. The van der Waals surface area contributed by atoms with Crippen LogP contribution in [0, 0.1) is 5.92 Å². The van der Waals surface area contributed by atoms with Crippen molar-refractivity contribution in [3.63, 3.8) is 0 Å². The van der Waals surface area contributed by atoms with Crippen molar-refractivity contribution in [2.75, 3.05) is 13.1 Å². The van der Waals surface area contributed by atoms with Gasteiger partial charge in [-0.1, -0.05) is 6.92 Å². The molecule has 0 bridgehead atoms. The molecule has 1 saturated heterocycles. The highest BCUT2D eigenvalue weighted by Gasteiger charge is 2.28. The van der Waals surface area contributed by atoms with Crippen LogP contribution in [-0.2, 0) is 4.79 Å². The Morgan fingerprint density at radius 1 is 1.67 bits per heavy atom. The van der Waals surface area contributed by atoms with E-state index in [2.05, 4.69) is 18.7 Å². The smallest absolute Gasteiger partial charge is 0.306 e. The molecule has 0 aromatic rings. The fourth-order valence-electron chi connectivity index (χ4n) is 1.91. The molecule has 3 heteroatoms. The zero-order chi connectivity index (χ0) is 9.14. The zero-order valence-electron chi connectivity index (χ0n) is 7.79. The third-order valence-corrected chi connectivity index (χ3v) is 2.77. The number of hydrogen-bond acceptors (Lipinski definition) is 2. The molecule has 3 nitrogen and oxygen atoms in total. The molecule has 0 aliphatic carbocycles. The Morgan fingerprint density at radius 3 is 2.75 bits per heavy atom. The molecule has 1 N–H and O–H groups in total. The lowest BCUT2D eigenvalue weighted by atomic mass is 9.92. The van der Waals surface area contributed by atoms with Crippen molar-refractivity contribution in [1.82, 2.24) is 4.90 Å². The molecule has 1 heterocycles. The molecular formula is C9H17NO2. The number of carbonyl (C=O) groups is 1. The van der Waals surface area contributed by atoms with Gasteiger partial charge in [-0.05, 0) is 32.9 Å². The van der Waals surface area contributed by atoms with E-state index >= 15 is 0 Å². The fourth-order valence-corrected chi connectivity index (χ4v) is 1.91. The summed E-state index contributed by atoms with van der Waals surface area (Å²) in [5.41, 5.74) is 0. The second-order valence-electron chi connectivity index (χ2n) is 3.54. The number of nitrogens with zero attached hydrogens (tertiary/aromatic N) is 1. The van der Waals surface area contributed by atoms with Crippen LogP contribution in [-0.4, -0.2) is 35.1 Å². The SMILES string of the molecule is CCN1CCC(C(=O)O)CC1C. The maximum Gasteiger partial charge on any atom is 0.306 e. The van der Waals surface area contributed by atoms with Crippen molar-refractivity contribution >= 4 is 5.97 Å². The van der Waals surface area contributed by atoms with E-state index in [1.54, 1.807) is 0 Å². The van der Waals surface area contributed by atoms with Crippen molar-refractivity contribution in [3.05, 3.63) is 0 Å². The van der Waals surface area contributed by atoms with Gasteiger partial charge in [0.25, 0.3) is 0 Å². The minimum absolute atomic E-state index is 0.109. The van der Waals surface area contributed by atoms with Crippen LogP contribution in [0.15, 0.2) is 0 Å². The van der Waals surface area contributed by atoms with E-state index in [0.29, 0.717) is 6.04 Å². The summed E-state index contributed by atoms with van der Waals surface area (Å²) >= 11 is 0. The predicted molar refractivity (Wildman–Crippen MR) is 47.1 cm³/mol. The van der Waals surface area contributed by atoms with Gasteiger partial charge in [-0.3, -0.25) is 4.79 Å². The monoisotopic (exact) mass is 171 g/mol. The standard InChI is InChI=1S/C9H17NO2/c1-3-10-5-4-8(9(11)12)6-7(10)2/h7-8H,3-6H2,1-2H3,(H,11,12). The highest BCUT2D eigenvalue weighted by atomic mass is 16.4. The Balaban J connectivity index is 2.46. The lowest BCUT2D eigenvalue weighted by Crippen LogP contribution is -2.42. The van der Waals surface area contributed by atoms with Gasteiger partial charge < -0.3 is 10.0 Å². The quantitative estimate of drug-likeness (QED) is 0.678. The highest BCUT2D eigenvalue weighted by Crippen LogP contribution is 2.22. The van der Waals surface area contributed by atoms with Crippen molar-refractivity contribution in [2.45, 2.75) is 32.7 Å². The number of hydrogen-bond donors (Lipinski definition) is 1. The Bertz CT molecular complexity index is 170. The van der Waals surface area contributed by atoms with Gasteiger partial charge in [-0.15, -0.1) is 0 Å². The third-order valence-electron chi connectivity index (χ3n) is 2.77.